The SMILES string of the molecule is CN(C(=O)c1ccc(Cl)c(N2C(=O)CCS2(=O)=O)c1)[C@@H]1CCS(=O)(=O)C1. The van der Waals surface area contributed by atoms with Gasteiger partial charge >= 0.3 is 0 Å². The van der Waals surface area contributed by atoms with Crippen molar-refractivity contribution in [2.45, 2.75) is 18.9 Å². The van der Waals surface area contributed by atoms with E-state index in [1.807, 2.05) is 0 Å². The van der Waals surface area contributed by atoms with Crippen LogP contribution in [0.4, 0.5) is 5.69 Å². The van der Waals surface area contributed by atoms with Crippen molar-refractivity contribution in [3.8, 4) is 0 Å². The fourth-order valence-electron chi connectivity index (χ4n) is 3.10. The number of hydrogen-bond acceptors (Lipinski definition) is 6. The number of benzene rings is 1. The van der Waals surface area contributed by atoms with E-state index >= 15 is 0 Å². The predicted molar refractivity (Wildman–Crippen MR) is 96.5 cm³/mol. The largest absolute Gasteiger partial charge is 0.338 e. The second-order valence-electron chi connectivity index (χ2n) is 6.36. The summed E-state index contributed by atoms with van der Waals surface area (Å²) in [6, 6.07) is 3.58. The van der Waals surface area contributed by atoms with Gasteiger partial charge in [0.05, 0.1) is 28.0 Å². The zero-order valence-electron chi connectivity index (χ0n) is 13.9. The molecule has 2 amide bonds. The van der Waals surface area contributed by atoms with Gasteiger partial charge in [0.25, 0.3) is 5.91 Å². The topological polar surface area (TPSA) is 109 Å². The smallest absolute Gasteiger partial charge is 0.253 e. The number of carbonyl (C=O) groups excluding carboxylic acids is 2. The molecule has 0 radical (unpaired) electrons. The molecule has 142 valence electrons. The van der Waals surface area contributed by atoms with Crippen LogP contribution in [0.25, 0.3) is 0 Å². The number of amides is 2. The first-order valence-corrected chi connectivity index (χ1v) is 11.7. The van der Waals surface area contributed by atoms with Gasteiger partial charge in [-0.25, -0.2) is 21.1 Å². The van der Waals surface area contributed by atoms with Crippen LogP contribution in [0.3, 0.4) is 0 Å². The van der Waals surface area contributed by atoms with Crippen molar-refractivity contribution in [3.05, 3.63) is 28.8 Å². The number of hydrogen-bond donors (Lipinski definition) is 0. The number of anilines is 1. The van der Waals surface area contributed by atoms with Gasteiger partial charge in [-0.2, -0.15) is 0 Å². The minimum absolute atomic E-state index is 0.0294. The van der Waals surface area contributed by atoms with Gasteiger partial charge in [-0.05, 0) is 24.6 Å². The maximum absolute atomic E-state index is 12.7. The van der Waals surface area contributed by atoms with E-state index < -0.39 is 37.7 Å². The van der Waals surface area contributed by atoms with Gasteiger partial charge in [0.1, 0.15) is 0 Å². The van der Waals surface area contributed by atoms with Crippen molar-refractivity contribution in [2.24, 2.45) is 0 Å². The summed E-state index contributed by atoms with van der Waals surface area (Å²) in [5.74, 6) is -1.45. The zero-order valence-corrected chi connectivity index (χ0v) is 16.3. The lowest BCUT2D eigenvalue weighted by Gasteiger charge is -2.24. The Hall–Kier alpha value is -1.65. The molecule has 0 saturated carbocycles. The minimum atomic E-state index is -3.81. The van der Waals surface area contributed by atoms with Gasteiger partial charge < -0.3 is 4.90 Å². The summed E-state index contributed by atoms with van der Waals surface area (Å²) in [5, 5.41) is 0.0338. The fourth-order valence-corrected chi connectivity index (χ4v) is 6.59. The van der Waals surface area contributed by atoms with Crippen LogP contribution >= 0.6 is 11.6 Å². The Balaban J connectivity index is 1.92. The van der Waals surface area contributed by atoms with Crippen LogP contribution < -0.4 is 4.31 Å². The average molecular weight is 421 g/mol. The zero-order chi connectivity index (χ0) is 19.3. The van der Waals surface area contributed by atoms with E-state index in [0.717, 1.165) is 0 Å². The van der Waals surface area contributed by atoms with Crippen LogP contribution in [-0.4, -0.2) is 63.9 Å². The van der Waals surface area contributed by atoms with Crippen LogP contribution in [0.5, 0.6) is 0 Å². The molecule has 2 fully saturated rings. The molecule has 8 nitrogen and oxygen atoms in total. The molecule has 26 heavy (non-hydrogen) atoms. The molecule has 11 heteroatoms. The van der Waals surface area contributed by atoms with Crippen molar-refractivity contribution in [2.75, 3.05) is 28.6 Å². The Bertz CT molecular complexity index is 989. The number of sulfonamides is 1. The number of rotatable bonds is 3. The van der Waals surface area contributed by atoms with Gasteiger partial charge in [-0.3, -0.25) is 9.59 Å². The molecule has 1 aromatic rings. The molecule has 0 N–H and O–H groups in total. The van der Waals surface area contributed by atoms with Crippen LogP contribution in [-0.2, 0) is 24.7 Å². The van der Waals surface area contributed by atoms with E-state index in [9.17, 15) is 26.4 Å². The van der Waals surface area contributed by atoms with Gasteiger partial charge in [-0.1, -0.05) is 11.6 Å². The highest BCUT2D eigenvalue weighted by molar-refractivity contribution is 7.94. The van der Waals surface area contributed by atoms with E-state index in [1.165, 1.54) is 30.1 Å². The molecule has 0 unspecified atom stereocenters. The van der Waals surface area contributed by atoms with Crippen molar-refractivity contribution >= 4 is 49.0 Å². The lowest BCUT2D eigenvalue weighted by atomic mass is 10.1. The average Bonchev–Trinajstić information content (AvgIpc) is 3.05. The van der Waals surface area contributed by atoms with Crippen LogP contribution in [0.1, 0.15) is 23.2 Å². The normalized spacial score (nSPS) is 24.0. The third-order valence-electron chi connectivity index (χ3n) is 4.57. The molecule has 1 atom stereocenters. The summed E-state index contributed by atoms with van der Waals surface area (Å²) < 4.78 is 48.1. The lowest BCUT2D eigenvalue weighted by Crippen LogP contribution is -2.38. The third kappa shape index (κ3) is 3.45. The Labute approximate surface area is 156 Å². The number of carbonyl (C=O) groups is 2. The van der Waals surface area contributed by atoms with E-state index in [2.05, 4.69) is 0 Å². The summed E-state index contributed by atoms with van der Waals surface area (Å²) in [5.41, 5.74) is 0.0681. The van der Waals surface area contributed by atoms with Crippen molar-refractivity contribution in [1.29, 1.82) is 0 Å². The van der Waals surface area contributed by atoms with Gasteiger partial charge in [-0.15, -0.1) is 0 Å². The number of halogens is 1. The maximum Gasteiger partial charge on any atom is 0.253 e. The Kier molecular flexibility index (Phi) is 4.78. The molecule has 2 saturated heterocycles. The predicted octanol–water partition coefficient (Wildman–Crippen LogP) is 0.666. The van der Waals surface area contributed by atoms with E-state index in [0.29, 0.717) is 10.7 Å². The molecule has 1 aromatic carbocycles. The summed E-state index contributed by atoms with van der Waals surface area (Å²) in [6.07, 6.45) is 0.209. The van der Waals surface area contributed by atoms with Crippen molar-refractivity contribution < 1.29 is 26.4 Å². The summed E-state index contributed by atoms with van der Waals surface area (Å²) in [6.45, 7) is 0. The first-order chi connectivity index (χ1) is 12.0. The van der Waals surface area contributed by atoms with Gasteiger partial charge in [0.15, 0.2) is 9.84 Å². The van der Waals surface area contributed by atoms with E-state index in [1.54, 1.807) is 0 Å². The fraction of sp³-hybridized carbons (Fsp3) is 0.467. The highest BCUT2D eigenvalue weighted by Gasteiger charge is 2.38. The molecule has 2 aliphatic heterocycles. The van der Waals surface area contributed by atoms with Gasteiger partial charge in [0.2, 0.25) is 15.9 Å². The number of sulfone groups is 1. The highest BCUT2D eigenvalue weighted by Crippen LogP contribution is 2.33. The second kappa shape index (κ2) is 6.50. The van der Waals surface area contributed by atoms with Crippen LogP contribution in [0.2, 0.25) is 5.02 Å². The first kappa shape index (κ1) is 19.1. The quantitative estimate of drug-likeness (QED) is 0.710. The molecule has 2 aliphatic rings. The van der Waals surface area contributed by atoms with Crippen LogP contribution in [0.15, 0.2) is 18.2 Å². The molecule has 0 aromatic heterocycles. The lowest BCUT2D eigenvalue weighted by molar-refractivity contribution is -0.116. The summed E-state index contributed by atoms with van der Waals surface area (Å²) in [7, 11) is -5.46. The standard InChI is InChI=1S/C15H17ClN2O6S2/c1-17(11-4-6-25(21,22)9-11)15(20)10-2-3-12(16)13(8-10)18-14(19)5-7-26(18,23)24/h2-3,8,11H,4-7,9H2,1H3/t11-/m1/s1. The Morgan fingerprint density at radius 2 is 1.92 bits per heavy atom. The molecular formula is C15H17ClN2O6S2. The molecular weight excluding hydrogens is 404 g/mol. The molecule has 3 rings (SSSR count). The highest BCUT2D eigenvalue weighted by atomic mass is 35.5. The van der Waals surface area contributed by atoms with E-state index in [-0.39, 0.29) is 40.0 Å². The van der Waals surface area contributed by atoms with Crippen molar-refractivity contribution in [1.82, 2.24) is 4.90 Å². The van der Waals surface area contributed by atoms with Crippen LogP contribution in [0, 0.1) is 0 Å². The van der Waals surface area contributed by atoms with E-state index in [4.69, 9.17) is 11.6 Å². The third-order valence-corrected chi connectivity index (χ3v) is 8.31. The molecule has 0 spiro atoms. The summed E-state index contributed by atoms with van der Waals surface area (Å²) >= 11 is 6.06. The first-order valence-electron chi connectivity index (χ1n) is 7.85. The van der Waals surface area contributed by atoms with Crippen molar-refractivity contribution in [3.63, 3.8) is 0 Å². The maximum atomic E-state index is 12.7. The Morgan fingerprint density at radius 1 is 1.23 bits per heavy atom. The number of nitrogens with zero attached hydrogens (tertiary/aromatic N) is 2. The summed E-state index contributed by atoms with van der Waals surface area (Å²) in [4.78, 5) is 26.0. The monoisotopic (exact) mass is 420 g/mol. The molecule has 0 bridgehead atoms. The van der Waals surface area contributed by atoms with Gasteiger partial charge in [0, 0.05) is 25.1 Å². The minimum Gasteiger partial charge on any atom is -0.338 e. The molecule has 0 aliphatic carbocycles. The Morgan fingerprint density at radius 3 is 2.46 bits per heavy atom. The molecule has 2 heterocycles. The second-order valence-corrected chi connectivity index (χ2v) is 10.9.